The topological polar surface area (TPSA) is 75.4 Å². The largest absolute Gasteiger partial charge is 0.396 e. The minimum Gasteiger partial charge on any atom is -0.396 e. The molecule has 0 fully saturated rings. The van der Waals surface area contributed by atoms with Gasteiger partial charge in [0.1, 0.15) is 5.82 Å². The van der Waals surface area contributed by atoms with E-state index in [0.29, 0.717) is 5.56 Å². The van der Waals surface area contributed by atoms with E-state index in [1.807, 2.05) is 6.07 Å². The van der Waals surface area contributed by atoms with Gasteiger partial charge < -0.3 is 16.2 Å². The number of hydrogen-bond acceptors (Lipinski definition) is 3. The first-order valence-electron chi connectivity index (χ1n) is 6.15. The highest BCUT2D eigenvalue weighted by atomic mass is 19.1. The van der Waals surface area contributed by atoms with Crippen LogP contribution in [0.25, 0.3) is 0 Å². The molecule has 104 valence electrons. The maximum atomic E-state index is 13.2. The molecule has 0 bridgehead atoms. The van der Waals surface area contributed by atoms with Crippen molar-refractivity contribution in [1.29, 1.82) is 0 Å². The molecule has 20 heavy (non-hydrogen) atoms. The third-order valence-electron chi connectivity index (χ3n) is 2.94. The zero-order valence-electron chi connectivity index (χ0n) is 10.7. The van der Waals surface area contributed by atoms with E-state index in [1.165, 1.54) is 18.2 Å². The lowest BCUT2D eigenvalue weighted by Gasteiger charge is -2.13. The van der Waals surface area contributed by atoms with Gasteiger partial charge in [0.25, 0.3) is 5.91 Å². The van der Waals surface area contributed by atoms with Gasteiger partial charge in [-0.3, -0.25) is 4.79 Å². The molecular weight excluding hydrogens is 259 g/mol. The average molecular weight is 274 g/mol. The lowest BCUT2D eigenvalue weighted by Crippen LogP contribution is -2.29. The van der Waals surface area contributed by atoms with E-state index in [1.54, 1.807) is 24.3 Å². The molecule has 0 aliphatic heterocycles. The van der Waals surface area contributed by atoms with Crippen LogP contribution in [0, 0.1) is 5.82 Å². The second-order valence-corrected chi connectivity index (χ2v) is 4.34. The van der Waals surface area contributed by atoms with E-state index in [0.717, 1.165) is 0 Å². The number of nitrogen functional groups attached to an aromatic ring is 1. The zero-order valence-corrected chi connectivity index (χ0v) is 10.7. The molecule has 1 atom stereocenters. The Hall–Kier alpha value is -2.40. The zero-order chi connectivity index (χ0) is 14.5. The fourth-order valence-corrected chi connectivity index (χ4v) is 1.81. The van der Waals surface area contributed by atoms with Crippen molar-refractivity contribution in [3.8, 4) is 0 Å². The monoisotopic (exact) mass is 274 g/mol. The first-order valence-corrected chi connectivity index (χ1v) is 6.15. The molecule has 0 saturated carbocycles. The van der Waals surface area contributed by atoms with Gasteiger partial charge in [0, 0.05) is 6.54 Å². The van der Waals surface area contributed by atoms with Crippen LogP contribution < -0.4 is 11.1 Å². The normalized spacial score (nSPS) is 11.9. The summed E-state index contributed by atoms with van der Waals surface area (Å²) in [6, 6.07) is 13.0. The predicted octanol–water partition coefficient (Wildman–Crippen LogP) is 1.87. The molecule has 0 aromatic heterocycles. The minimum atomic E-state index is -0.824. The molecule has 4 nitrogen and oxygen atoms in total. The Labute approximate surface area is 116 Å². The Balaban J connectivity index is 2.01. The van der Waals surface area contributed by atoms with E-state index >= 15 is 0 Å². The third-order valence-corrected chi connectivity index (χ3v) is 2.94. The minimum absolute atomic E-state index is 0.0266. The summed E-state index contributed by atoms with van der Waals surface area (Å²) in [5.41, 5.74) is 6.06. The van der Waals surface area contributed by atoms with Crippen LogP contribution in [0.4, 0.5) is 10.1 Å². The number of rotatable bonds is 4. The Morgan fingerprint density at radius 3 is 2.60 bits per heavy atom. The Kier molecular flexibility index (Phi) is 4.32. The van der Waals surface area contributed by atoms with Gasteiger partial charge in [0.2, 0.25) is 0 Å². The van der Waals surface area contributed by atoms with Crippen molar-refractivity contribution in [3.05, 3.63) is 65.5 Å². The highest BCUT2D eigenvalue weighted by Gasteiger charge is 2.14. The van der Waals surface area contributed by atoms with Crippen molar-refractivity contribution in [2.24, 2.45) is 0 Å². The maximum Gasteiger partial charge on any atom is 0.253 e. The molecule has 2 rings (SSSR count). The lowest BCUT2D eigenvalue weighted by atomic mass is 10.1. The van der Waals surface area contributed by atoms with Gasteiger partial charge in [-0.2, -0.15) is 0 Å². The Morgan fingerprint density at radius 1 is 1.20 bits per heavy atom. The number of carbonyl (C=O) groups excluding carboxylic acids is 1. The second-order valence-electron chi connectivity index (χ2n) is 4.34. The van der Waals surface area contributed by atoms with Crippen LogP contribution in [0.3, 0.4) is 0 Å². The Morgan fingerprint density at radius 2 is 1.90 bits per heavy atom. The SMILES string of the molecule is Nc1c(F)cccc1C(=O)NCC(O)c1ccccc1. The van der Waals surface area contributed by atoms with E-state index < -0.39 is 17.8 Å². The summed E-state index contributed by atoms with van der Waals surface area (Å²) >= 11 is 0. The van der Waals surface area contributed by atoms with Crippen LogP contribution in [0.2, 0.25) is 0 Å². The van der Waals surface area contributed by atoms with Gasteiger partial charge in [-0.1, -0.05) is 36.4 Å². The standard InChI is InChI=1S/C15H15FN2O2/c16-12-8-4-7-11(14(12)17)15(20)18-9-13(19)10-5-2-1-3-6-10/h1-8,13,19H,9,17H2,(H,18,20). The summed E-state index contributed by atoms with van der Waals surface area (Å²) in [5.74, 6) is -1.15. The number of anilines is 1. The second kappa shape index (κ2) is 6.16. The summed E-state index contributed by atoms with van der Waals surface area (Å²) in [6.45, 7) is 0.0266. The first kappa shape index (κ1) is 14.0. The smallest absolute Gasteiger partial charge is 0.253 e. The summed E-state index contributed by atoms with van der Waals surface area (Å²) in [6.07, 6.45) is -0.824. The number of hydrogen-bond donors (Lipinski definition) is 3. The van der Waals surface area contributed by atoms with Crippen molar-refractivity contribution < 1.29 is 14.3 Å². The molecule has 0 aliphatic rings. The van der Waals surface area contributed by atoms with Gasteiger partial charge in [0.15, 0.2) is 0 Å². The van der Waals surface area contributed by atoms with Gasteiger partial charge >= 0.3 is 0 Å². The summed E-state index contributed by atoms with van der Waals surface area (Å²) in [7, 11) is 0. The molecule has 2 aromatic rings. The highest BCUT2D eigenvalue weighted by molar-refractivity contribution is 5.99. The van der Waals surface area contributed by atoms with Crippen LogP contribution in [-0.2, 0) is 0 Å². The Bertz CT molecular complexity index is 602. The molecule has 0 radical (unpaired) electrons. The van der Waals surface area contributed by atoms with E-state index in [2.05, 4.69) is 5.32 Å². The van der Waals surface area contributed by atoms with Crippen molar-refractivity contribution in [2.75, 3.05) is 12.3 Å². The highest BCUT2D eigenvalue weighted by Crippen LogP contribution is 2.16. The number of nitrogens with two attached hydrogens (primary N) is 1. The van der Waals surface area contributed by atoms with E-state index in [4.69, 9.17) is 5.73 Å². The van der Waals surface area contributed by atoms with Crippen molar-refractivity contribution in [2.45, 2.75) is 6.10 Å². The molecule has 1 unspecified atom stereocenters. The van der Waals surface area contributed by atoms with Gasteiger partial charge in [-0.05, 0) is 17.7 Å². The molecule has 4 N–H and O–H groups in total. The number of amides is 1. The fraction of sp³-hybridized carbons (Fsp3) is 0.133. The predicted molar refractivity (Wildman–Crippen MR) is 74.5 cm³/mol. The fourth-order valence-electron chi connectivity index (χ4n) is 1.81. The molecule has 2 aromatic carbocycles. The quantitative estimate of drug-likeness (QED) is 0.745. The van der Waals surface area contributed by atoms with Gasteiger partial charge in [-0.15, -0.1) is 0 Å². The number of aliphatic hydroxyl groups is 1. The number of halogens is 1. The number of nitrogens with one attached hydrogen (secondary N) is 1. The van der Waals surface area contributed by atoms with E-state index in [9.17, 15) is 14.3 Å². The maximum absolute atomic E-state index is 13.2. The number of aliphatic hydroxyl groups excluding tert-OH is 1. The van der Waals surface area contributed by atoms with Crippen LogP contribution in [-0.4, -0.2) is 17.6 Å². The first-order chi connectivity index (χ1) is 9.59. The molecule has 0 spiro atoms. The molecule has 0 saturated heterocycles. The van der Waals surface area contributed by atoms with E-state index in [-0.39, 0.29) is 17.8 Å². The van der Waals surface area contributed by atoms with Crippen molar-refractivity contribution in [3.63, 3.8) is 0 Å². The summed E-state index contributed by atoms with van der Waals surface area (Å²) in [4.78, 5) is 11.9. The molecule has 0 heterocycles. The van der Waals surface area contributed by atoms with Crippen molar-refractivity contribution >= 4 is 11.6 Å². The number of benzene rings is 2. The third kappa shape index (κ3) is 3.13. The molecule has 5 heteroatoms. The van der Waals surface area contributed by atoms with Crippen molar-refractivity contribution in [1.82, 2.24) is 5.32 Å². The van der Waals surface area contributed by atoms with Crippen LogP contribution in [0.15, 0.2) is 48.5 Å². The summed E-state index contributed by atoms with van der Waals surface area (Å²) in [5, 5.41) is 12.4. The lowest BCUT2D eigenvalue weighted by molar-refractivity contribution is 0.0917. The average Bonchev–Trinajstić information content (AvgIpc) is 2.48. The number of carbonyl (C=O) groups is 1. The molecular formula is C15H15FN2O2. The summed E-state index contributed by atoms with van der Waals surface area (Å²) < 4.78 is 13.2. The van der Waals surface area contributed by atoms with Gasteiger partial charge in [-0.25, -0.2) is 4.39 Å². The van der Waals surface area contributed by atoms with Crippen LogP contribution in [0.1, 0.15) is 22.0 Å². The van der Waals surface area contributed by atoms with Crippen LogP contribution in [0.5, 0.6) is 0 Å². The molecule has 1 amide bonds. The molecule has 0 aliphatic carbocycles. The van der Waals surface area contributed by atoms with Crippen LogP contribution >= 0.6 is 0 Å². The van der Waals surface area contributed by atoms with Gasteiger partial charge in [0.05, 0.1) is 17.4 Å². The number of para-hydroxylation sites is 1.